The second-order valence-electron chi connectivity index (χ2n) is 4.44. The summed E-state index contributed by atoms with van der Waals surface area (Å²) in [5.74, 6) is 1.23. The Morgan fingerprint density at radius 2 is 2.05 bits per heavy atom. The first-order valence-electron chi connectivity index (χ1n) is 6.29. The van der Waals surface area contributed by atoms with Crippen molar-refractivity contribution in [3.05, 3.63) is 18.2 Å². The van der Waals surface area contributed by atoms with Gasteiger partial charge in [-0.1, -0.05) is 6.92 Å². The van der Waals surface area contributed by atoms with E-state index in [1.165, 1.54) is 7.11 Å². The maximum Gasteiger partial charge on any atom is 0.233 e. The average Bonchev–Trinajstić information content (AvgIpc) is 2.38. The van der Waals surface area contributed by atoms with Crippen LogP contribution in [-0.4, -0.2) is 33.8 Å². The smallest absolute Gasteiger partial charge is 0.233 e. The first-order chi connectivity index (χ1) is 9.41. The van der Waals surface area contributed by atoms with Crippen molar-refractivity contribution in [2.24, 2.45) is 5.92 Å². The minimum atomic E-state index is -3.43. The summed E-state index contributed by atoms with van der Waals surface area (Å²) in [7, 11) is -1.90. The van der Waals surface area contributed by atoms with Crippen LogP contribution >= 0.6 is 11.6 Å². The summed E-state index contributed by atoms with van der Waals surface area (Å²) >= 11 is 5.64. The molecule has 0 amide bonds. The standard InChI is InChI=1S/C13H20ClNO4S/c1-4-19-13-7-11(5-6-12(13)18-3)15-20(16,17)9-10(2)8-14/h5-7,10,15H,4,8-9H2,1-3H3. The molecule has 0 saturated carbocycles. The molecule has 0 fully saturated rings. The third-order valence-electron chi connectivity index (χ3n) is 2.50. The van der Waals surface area contributed by atoms with Crippen LogP contribution < -0.4 is 14.2 Å². The highest BCUT2D eigenvalue weighted by Crippen LogP contribution is 2.30. The van der Waals surface area contributed by atoms with Gasteiger partial charge in [-0.2, -0.15) is 0 Å². The van der Waals surface area contributed by atoms with E-state index in [0.717, 1.165) is 0 Å². The van der Waals surface area contributed by atoms with E-state index >= 15 is 0 Å². The molecule has 0 saturated heterocycles. The highest BCUT2D eigenvalue weighted by molar-refractivity contribution is 7.92. The molecule has 0 aromatic heterocycles. The normalized spacial score (nSPS) is 12.8. The number of rotatable bonds is 8. The Hall–Kier alpha value is -1.14. The Morgan fingerprint density at radius 1 is 1.35 bits per heavy atom. The van der Waals surface area contributed by atoms with E-state index in [-0.39, 0.29) is 11.7 Å². The van der Waals surface area contributed by atoms with E-state index in [0.29, 0.717) is 29.7 Å². The van der Waals surface area contributed by atoms with Crippen molar-refractivity contribution < 1.29 is 17.9 Å². The lowest BCUT2D eigenvalue weighted by atomic mass is 10.3. The number of alkyl halides is 1. The fourth-order valence-corrected chi connectivity index (χ4v) is 3.32. The lowest BCUT2D eigenvalue weighted by Crippen LogP contribution is -2.22. The van der Waals surface area contributed by atoms with E-state index in [9.17, 15) is 8.42 Å². The number of halogens is 1. The maximum absolute atomic E-state index is 12.0. The third-order valence-corrected chi connectivity index (χ3v) is 4.59. The lowest BCUT2D eigenvalue weighted by molar-refractivity contribution is 0.311. The molecular weight excluding hydrogens is 302 g/mol. The Morgan fingerprint density at radius 3 is 2.60 bits per heavy atom. The van der Waals surface area contributed by atoms with Crippen molar-refractivity contribution in [1.82, 2.24) is 0 Å². The lowest BCUT2D eigenvalue weighted by Gasteiger charge is -2.14. The highest BCUT2D eigenvalue weighted by Gasteiger charge is 2.16. The van der Waals surface area contributed by atoms with E-state index in [2.05, 4.69) is 4.72 Å². The number of methoxy groups -OCH3 is 1. The Kier molecular flexibility index (Phi) is 6.42. The van der Waals surface area contributed by atoms with Crippen molar-refractivity contribution in [1.29, 1.82) is 0 Å². The van der Waals surface area contributed by atoms with Crippen molar-refractivity contribution >= 4 is 27.3 Å². The number of anilines is 1. The summed E-state index contributed by atoms with van der Waals surface area (Å²) in [4.78, 5) is 0. The van der Waals surface area contributed by atoms with Crippen LogP contribution in [0, 0.1) is 5.92 Å². The van der Waals surface area contributed by atoms with Crippen LogP contribution in [0.15, 0.2) is 18.2 Å². The zero-order chi connectivity index (χ0) is 15.2. The Bertz CT molecular complexity index is 533. The molecule has 1 aromatic rings. The predicted octanol–water partition coefficient (Wildman–Crippen LogP) is 2.71. The molecule has 0 bridgehead atoms. The second kappa shape index (κ2) is 7.59. The zero-order valence-corrected chi connectivity index (χ0v) is 13.4. The van der Waals surface area contributed by atoms with Crippen LogP contribution in [0.4, 0.5) is 5.69 Å². The monoisotopic (exact) mass is 321 g/mol. The minimum Gasteiger partial charge on any atom is -0.493 e. The zero-order valence-electron chi connectivity index (χ0n) is 11.8. The van der Waals surface area contributed by atoms with Gasteiger partial charge in [0.1, 0.15) is 0 Å². The summed E-state index contributed by atoms with van der Waals surface area (Å²) in [5, 5.41) is 0. The fraction of sp³-hybridized carbons (Fsp3) is 0.538. The summed E-state index contributed by atoms with van der Waals surface area (Å²) in [6.07, 6.45) is 0. The predicted molar refractivity (Wildman–Crippen MR) is 81.5 cm³/mol. The molecule has 0 radical (unpaired) electrons. The molecule has 7 heteroatoms. The van der Waals surface area contributed by atoms with Gasteiger partial charge in [-0.25, -0.2) is 8.42 Å². The molecule has 1 atom stereocenters. The van der Waals surface area contributed by atoms with E-state index in [1.807, 2.05) is 6.92 Å². The van der Waals surface area contributed by atoms with Gasteiger partial charge >= 0.3 is 0 Å². The molecule has 1 N–H and O–H groups in total. The molecule has 1 rings (SSSR count). The number of nitrogens with one attached hydrogen (secondary N) is 1. The molecular formula is C13H20ClNO4S. The van der Waals surface area contributed by atoms with E-state index < -0.39 is 10.0 Å². The second-order valence-corrected chi connectivity index (χ2v) is 6.52. The molecule has 0 heterocycles. The number of sulfonamides is 1. The fourth-order valence-electron chi connectivity index (χ4n) is 1.65. The quantitative estimate of drug-likeness (QED) is 0.748. The molecule has 114 valence electrons. The minimum absolute atomic E-state index is 0.0213. The molecule has 0 aliphatic heterocycles. The van der Waals surface area contributed by atoms with Gasteiger partial charge in [0.25, 0.3) is 0 Å². The summed E-state index contributed by atoms with van der Waals surface area (Å²) in [5.41, 5.74) is 0.441. The summed E-state index contributed by atoms with van der Waals surface area (Å²) in [6.45, 7) is 4.10. The van der Waals surface area contributed by atoms with Crippen LogP contribution in [-0.2, 0) is 10.0 Å². The number of hydrogen-bond donors (Lipinski definition) is 1. The van der Waals surface area contributed by atoms with Crippen LogP contribution in [0.3, 0.4) is 0 Å². The van der Waals surface area contributed by atoms with Gasteiger partial charge in [-0.3, -0.25) is 4.72 Å². The molecule has 0 aliphatic rings. The van der Waals surface area contributed by atoms with Crippen LogP contribution in [0.5, 0.6) is 11.5 Å². The van der Waals surface area contributed by atoms with Crippen molar-refractivity contribution in [3.8, 4) is 11.5 Å². The van der Waals surface area contributed by atoms with Crippen molar-refractivity contribution in [3.63, 3.8) is 0 Å². The topological polar surface area (TPSA) is 64.6 Å². The van der Waals surface area contributed by atoms with Crippen molar-refractivity contribution in [2.75, 3.05) is 30.1 Å². The van der Waals surface area contributed by atoms with Crippen LogP contribution in [0.25, 0.3) is 0 Å². The molecule has 5 nitrogen and oxygen atoms in total. The molecule has 1 unspecified atom stereocenters. The van der Waals surface area contributed by atoms with Gasteiger partial charge in [0.15, 0.2) is 11.5 Å². The van der Waals surface area contributed by atoms with Crippen LogP contribution in [0.2, 0.25) is 0 Å². The van der Waals surface area contributed by atoms with E-state index in [1.54, 1.807) is 25.1 Å². The largest absolute Gasteiger partial charge is 0.493 e. The molecule has 0 aliphatic carbocycles. The number of benzene rings is 1. The third kappa shape index (κ3) is 5.09. The SMILES string of the molecule is CCOc1cc(NS(=O)(=O)CC(C)CCl)ccc1OC. The average molecular weight is 322 g/mol. The van der Waals surface area contributed by atoms with E-state index in [4.69, 9.17) is 21.1 Å². The van der Waals surface area contributed by atoms with Crippen LogP contribution in [0.1, 0.15) is 13.8 Å². The van der Waals surface area contributed by atoms with Gasteiger partial charge in [-0.05, 0) is 25.0 Å². The Balaban J connectivity index is 2.89. The summed E-state index contributed by atoms with van der Waals surface area (Å²) in [6, 6.07) is 4.89. The number of ether oxygens (including phenoxy) is 2. The van der Waals surface area contributed by atoms with Gasteiger partial charge in [-0.15, -0.1) is 11.6 Å². The van der Waals surface area contributed by atoms with Gasteiger partial charge in [0, 0.05) is 11.9 Å². The van der Waals surface area contributed by atoms with Gasteiger partial charge in [0.2, 0.25) is 10.0 Å². The Labute approximate surface area is 125 Å². The molecule has 20 heavy (non-hydrogen) atoms. The van der Waals surface area contributed by atoms with Crippen molar-refractivity contribution in [2.45, 2.75) is 13.8 Å². The number of hydrogen-bond acceptors (Lipinski definition) is 4. The first kappa shape index (κ1) is 16.9. The first-order valence-corrected chi connectivity index (χ1v) is 8.47. The molecule has 1 aromatic carbocycles. The van der Waals surface area contributed by atoms with Gasteiger partial charge in [0.05, 0.1) is 25.2 Å². The van der Waals surface area contributed by atoms with Gasteiger partial charge < -0.3 is 9.47 Å². The maximum atomic E-state index is 12.0. The molecule has 0 spiro atoms. The summed E-state index contributed by atoms with van der Waals surface area (Å²) < 4.78 is 37.0. The highest BCUT2D eigenvalue weighted by atomic mass is 35.5.